The van der Waals surface area contributed by atoms with Crippen molar-refractivity contribution in [1.82, 2.24) is 0 Å². The summed E-state index contributed by atoms with van der Waals surface area (Å²) < 4.78 is 12.1. The Labute approximate surface area is 113 Å². The monoisotopic (exact) mass is 279 g/mol. The largest absolute Gasteiger partial charge is 0.332 e. The fourth-order valence-corrected chi connectivity index (χ4v) is 2.87. The first-order valence-electron chi connectivity index (χ1n) is 5.77. The Kier molecular flexibility index (Phi) is 3.61. The van der Waals surface area contributed by atoms with Crippen LogP contribution in [-0.2, 0) is 20.4 Å². The lowest BCUT2D eigenvalue weighted by Gasteiger charge is -2.05. The fourth-order valence-electron chi connectivity index (χ4n) is 1.73. The average molecular weight is 279 g/mol. The summed E-state index contributed by atoms with van der Waals surface area (Å²) in [5.41, 5.74) is 1.35. The lowest BCUT2D eigenvalue weighted by molar-refractivity contribution is -0.140. The van der Waals surface area contributed by atoms with Crippen LogP contribution in [0.25, 0.3) is 0 Å². The molecule has 1 aromatic rings. The number of carbonyl (C=O) groups is 2. The minimum absolute atomic E-state index is 0.230. The van der Waals surface area contributed by atoms with Crippen LogP contribution < -0.4 is 0 Å². The molecule has 0 saturated carbocycles. The molecule has 0 N–H and O–H groups in total. The molecule has 0 bridgehead atoms. The van der Waals surface area contributed by atoms with Gasteiger partial charge < -0.3 is 4.84 Å². The van der Waals surface area contributed by atoms with E-state index in [1.807, 2.05) is 19.9 Å². The maximum Gasteiger partial charge on any atom is 0.332 e. The van der Waals surface area contributed by atoms with Gasteiger partial charge in [0.25, 0.3) is 0 Å². The summed E-state index contributed by atoms with van der Waals surface area (Å²) in [5.74, 6) is -0.839. The summed E-state index contributed by atoms with van der Waals surface area (Å²) in [7, 11) is -1.68. The molecule has 0 amide bonds. The number of rotatable bonds is 2. The molecule has 1 aliphatic heterocycles. The van der Waals surface area contributed by atoms with Crippen molar-refractivity contribution in [2.45, 2.75) is 31.6 Å². The number of oxime groups is 1. The van der Waals surface area contributed by atoms with Crippen molar-refractivity contribution in [3.05, 3.63) is 29.3 Å². The second-order valence-corrected chi connectivity index (χ2v) is 5.85. The highest BCUT2D eigenvalue weighted by Gasteiger charge is 2.35. The molecule has 2 rings (SSSR count). The van der Waals surface area contributed by atoms with Gasteiger partial charge in [-0.1, -0.05) is 25.1 Å². The third-order valence-electron chi connectivity index (χ3n) is 2.74. The van der Waals surface area contributed by atoms with Gasteiger partial charge in [0, 0.05) is 12.5 Å². The topological polar surface area (TPSA) is 72.8 Å². The smallest absolute Gasteiger partial charge is 0.317 e. The van der Waals surface area contributed by atoms with E-state index in [1.54, 1.807) is 12.1 Å². The molecule has 1 heterocycles. The Morgan fingerprint density at radius 2 is 2.05 bits per heavy atom. The number of benzene rings is 1. The van der Waals surface area contributed by atoms with Crippen LogP contribution in [0, 0.1) is 0 Å². The Balaban J connectivity index is 2.44. The van der Waals surface area contributed by atoms with Gasteiger partial charge in [-0.25, -0.2) is 9.00 Å². The van der Waals surface area contributed by atoms with Crippen LogP contribution in [0.1, 0.15) is 42.6 Å². The van der Waals surface area contributed by atoms with E-state index in [-0.39, 0.29) is 11.0 Å². The third kappa shape index (κ3) is 2.49. The molecule has 5 nitrogen and oxygen atoms in total. The molecular weight excluding hydrogens is 266 g/mol. The van der Waals surface area contributed by atoms with Crippen molar-refractivity contribution < 1.29 is 18.6 Å². The highest BCUT2D eigenvalue weighted by atomic mass is 32.2. The molecule has 6 heteroatoms. The van der Waals surface area contributed by atoms with Crippen LogP contribution in [0.3, 0.4) is 0 Å². The summed E-state index contributed by atoms with van der Waals surface area (Å²) in [6, 6.07) is 5.22. The van der Waals surface area contributed by atoms with Gasteiger partial charge in [-0.15, -0.1) is 0 Å². The maximum atomic E-state index is 12.1. The Morgan fingerprint density at radius 3 is 2.63 bits per heavy atom. The quantitative estimate of drug-likeness (QED) is 0.613. The SMILES string of the molecule is CC(=O)ON=C1C(=O)c2cc(C(C)C)ccc2S1=O. The van der Waals surface area contributed by atoms with Crippen molar-refractivity contribution in [3.8, 4) is 0 Å². The van der Waals surface area contributed by atoms with E-state index in [4.69, 9.17) is 0 Å². The molecule has 0 spiro atoms. The van der Waals surface area contributed by atoms with Crippen LogP contribution >= 0.6 is 0 Å². The molecule has 1 aromatic carbocycles. The molecular formula is C13H13NO4S. The normalized spacial score (nSPS) is 19.9. The minimum Gasteiger partial charge on any atom is -0.317 e. The molecule has 19 heavy (non-hydrogen) atoms. The van der Waals surface area contributed by atoms with E-state index in [2.05, 4.69) is 9.99 Å². The van der Waals surface area contributed by atoms with E-state index in [9.17, 15) is 13.8 Å². The van der Waals surface area contributed by atoms with E-state index in [1.165, 1.54) is 0 Å². The van der Waals surface area contributed by atoms with Crippen LogP contribution in [0.15, 0.2) is 28.3 Å². The molecule has 0 aromatic heterocycles. The third-order valence-corrected chi connectivity index (χ3v) is 4.11. The van der Waals surface area contributed by atoms with Crippen LogP contribution in [-0.4, -0.2) is 21.0 Å². The van der Waals surface area contributed by atoms with Gasteiger partial charge >= 0.3 is 5.97 Å². The fraction of sp³-hybridized carbons (Fsp3) is 0.308. The molecule has 1 atom stereocenters. The first-order chi connectivity index (χ1) is 8.91. The molecule has 0 fully saturated rings. The van der Waals surface area contributed by atoms with Gasteiger partial charge in [-0.05, 0) is 23.6 Å². The Bertz CT molecular complexity index is 619. The predicted octanol–water partition coefficient (Wildman–Crippen LogP) is 1.99. The number of ketones is 1. The van der Waals surface area contributed by atoms with Crippen LogP contribution in [0.2, 0.25) is 0 Å². The van der Waals surface area contributed by atoms with Crippen molar-refractivity contribution in [3.63, 3.8) is 0 Å². The van der Waals surface area contributed by atoms with E-state index < -0.39 is 22.6 Å². The van der Waals surface area contributed by atoms with E-state index >= 15 is 0 Å². The molecule has 1 aliphatic rings. The summed E-state index contributed by atoms with van der Waals surface area (Å²) in [6.07, 6.45) is 0. The number of fused-ring (bicyclic) bond motifs is 1. The van der Waals surface area contributed by atoms with Gasteiger partial charge in [0.2, 0.25) is 10.8 Å². The zero-order valence-corrected chi connectivity index (χ0v) is 11.6. The van der Waals surface area contributed by atoms with E-state index in [0.717, 1.165) is 12.5 Å². The first kappa shape index (κ1) is 13.6. The summed E-state index contributed by atoms with van der Waals surface area (Å²) in [4.78, 5) is 27.6. The molecule has 0 aliphatic carbocycles. The summed E-state index contributed by atoms with van der Waals surface area (Å²) in [6.45, 7) is 5.17. The highest BCUT2D eigenvalue weighted by Crippen LogP contribution is 2.28. The highest BCUT2D eigenvalue weighted by molar-refractivity contribution is 8.03. The number of nitrogens with zero attached hydrogens (tertiary/aromatic N) is 1. The number of Topliss-reactive ketones (excluding diaryl/α,β-unsaturated/α-hetero) is 1. The number of hydrogen-bond donors (Lipinski definition) is 0. The van der Waals surface area contributed by atoms with Crippen molar-refractivity contribution in [1.29, 1.82) is 0 Å². The molecule has 100 valence electrons. The maximum absolute atomic E-state index is 12.1. The molecule has 0 radical (unpaired) electrons. The number of hydrogen-bond acceptors (Lipinski definition) is 5. The zero-order chi connectivity index (χ0) is 14.2. The summed E-state index contributed by atoms with van der Waals surface area (Å²) >= 11 is 0. The van der Waals surface area contributed by atoms with Gasteiger partial charge in [-0.3, -0.25) is 4.79 Å². The van der Waals surface area contributed by atoms with E-state index in [0.29, 0.717) is 10.5 Å². The van der Waals surface area contributed by atoms with Crippen LogP contribution in [0.5, 0.6) is 0 Å². The second-order valence-electron chi connectivity index (χ2n) is 4.49. The van der Waals surface area contributed by atoms with Gasteiger partial charge in [0.15, 0.2) is 0 Å². The Hall–Kier alpha value is -1.82. The van der Waals surface area contributed by atoms with Gasteiger partial charge in [-0.2, -0.15) is 0 Å². The summed E-state index contributed by atoms with van der Waals surface area (Å²) in [5, 5.41) is 3.16. The standard InChI is InChI=1S/C13H13NO4S/c1-7(2)9-4-5-11-10(6-9)12(16)13(19(11)17)14-18-8(3)15/h4-7H,1-3H3. The van der Waals surface area contributed by atoms with Gasteiger partial charge in [0.1, 0.15) is 10.8 Å². The second kappa shape index (κ2) is 5.05. The minimum atomic E-state index is -1.68. The molecule has 1 unspecified atom stereocenters. The zero-order valence-electron chi connectivity index (χ0n) is 10.8. The predicted molar refractivity (Wildman–Crippen MR) is 70.5 cm³/mol. The van der Waals surface area contributed by atoms with Gasteiger partial charge in [0.05, 0.1) is 4.90 Å². The molecule has 0 saturated heterocycles. The Morgan fingerprint density at radius 1 is 1.37 bits per heavy atom. The lowest BCUT2D eigenvalue weighted by atomic mass is 9.99. The van der Waals surface area contributed by atoms with Crippen molar-refractivity contribution in [2.24, 2.45) is 5.16 Å². The van der Waals surface area contributed by atoms with Crippen molar-refractivity contribution in [2.75, 3.05) is 0 Å². The first-order valence-corrected chi connectivity index (χ1v) is 6.92. The van der Waals surface area contributed by atoms with Crippen LogP contribution in [0.4, 0.5) is 0 Å². The lowest BCUT2D eigenvalue weighted by Crippen LogP contribution is -2.11. The van der Waals surface area contributed by atoms with Crippen molar-refractivity contribution >= 4 is 27.6 Å². The average Bonchev–Trinajstić information content (AvgIpc) is 2.59. The number of carbonyl (C=O) groups excluding carboxylic acids is 2.